The molecule has 0 N–H and O–H groups in total. The highest BCUT2D eigenvalue weighted by Gasteiger charge is 2.27. The van der Waals surface area contributed by atoms with Crippen molar-refractivity contribution in [2.75, 3.05) is 12.5 Å². The Labute approximate surface area is 93.2 Å². The van der Waals surface area contributed by atoms with Gasteiger partial charge in [-0.1, -0.05) is 13.8 Å². The molecule has 0 amide bonds. The first-order chi connectivity index (χ1) is 6.76. The van der Waals surface area contributed by atoms with Gasteiger partial charge in [-0.2, -0.15) is 0 Å². The van der Waals surface area contributed by atoms with Gasteiger partial charge < -0.3 is 4.74 Å². The van der Waals surface area contributed by atoms with Gasteiger partial charge in [0.1, 0.15) is 0 Å². The molecule has 1 rings (SSSR count). The van der Waals surface area contributed by atoms with Crippen LogP contribution in [0.3, 0.4) is 0 Å². The summed E-state index contributed by atoms with van der Waals surface area (Å²) in [6, 6.07) is 0. The molecule has 2 heteroatoms. The normalized spacial score (nSPS) is 22.9. The molecule has 1 unspecified atom stereocenters. The molecule has 84 valence electrons. The Balaban J connectivity index is 2.31. The molecule has 1 aliphatic rings. The van der Waals surface area contributed by atoms with Crippen molar-refractivity contribution in [3.63, 3.8) is 0 Å². The predicted octanol–water partition coefficient (Wildman–Crippen LogP) is 3.99. The van der Waals surface area contributed by atoms with Crippen LogP contribution in [-0.2, 0) is 4.74 Å². The van der Waals surface area contributed by atoms with Crippen molar-refractivity contribution < 1.29 is 4.74 Å². The third-order valence-electron chi connectivity index (χ3n) is 3.80. The molecule has 0 saturated carbocycles. The standard InChI is InChI=1S/C12H23ClO/c1-3-12(4-2,10-13)8-7-11-6-5-9-14-11/h11H,3-10H2,1-2H3. The third-order valence-corrected chi connectivity index (χ3v) is 4.37. The Morgan fingerprint density at radius 2 is 2.07 bits per heavy atom. The summed E-state index contributed by atoms with van der Waals surface area (Å²) >= 11 is 6.07. The van der Waals surface area contributed by atoms with Gasteiger partial charge in [0, 0.05) is 12.5 Å². The van der Waals surface area contributed by atoms with Gasteiger partial charge in [-0.25, -0.2) is 0 Å². The van der Waals surface area contributed by atoms with Crippen molar-refractivity contribution in [1.29, 1.82) is 0 Å². The van der Waals surface area contributed by atoms with Gasteiger partial charge in [-0.15, -0.1) is 11.6 Å². The summed E-state index contributed by atoms with van der Waals surface area (Å²) in [5, 5.41) is 0. The van der Waals surface area contributed by atoms with Gasteiger partial charge in [0.15, 0.2) is 0 Å². The van der Waals surface area contributed by atoms with Crippen LogP contribution in [0.4, 0.5) is 0 Å². The second-order valence-electron chi connectivity index (χ2n) is 4.51. The zero-order chi connectivity index (χ0) is 10.4. The van der Waals surface area contributed by atoms with Crippen LogP contribution in [0, 0.1) is 5.41 Å². The number of rotatable bonds is 6. The molecule has 1 saturated heterocycles. The number of alkyl halides is 1. The summed E-state index contributed by atoms with van der Waals surface area (Å²) < 4.78 is 5.64. The Morgan fingerprint density at radius 3 is 2.50 bits per heavy atom. The molecule has 0 aromatic heterocycles. The Morgan fingerprint density at radius 1 is 1.36 bits per heavy atom. The lowest BCUT2D eigenvalue weighted by Crippen LogP contribution is -2.23. The van der Waals surface area contributed by atoms with Crippen LogP contribution < -0.4 is 0 Å². The molecule has 0 spiro atoms. The Kier molecular flexibility index (Phi) is 5.25. The molecule has 1 atom stereocenters. The molecule has 0 aliphatic carbocycles. The second kappa shape index (κ2) is 5.97. The van der Waals surface area contributed by atoms with Crippen molar-refractivity contribution in [3.8, 4) is 0 Å². The summed E-state index contributed by atoms with van der Waals surface area (Å²) in [5.41, 5.74) is 0.369. The topological polar surface area (TPSA) is 9.23 Å². The van der Waals surface area contributed by atoms with Gasteiger partial charge in [-0.05, 0) is 43.9 Å². The fraction of sp³-hybridized carbons (Fsp3) is 1.00. The van der Waals surface area contributed by atoms with Crippen molar-refractivity contribution in [2.24, 2.45) is 5.41 Å². The first kappa shape index (κ1) is 12.3. The van der Waals surface area contributed by atoms with E-state index in [4.69, 9.17) is 16.3 Å². The third kappa shape index (κ3) is 3.13. The zero-order valence-electron chi connectivity index (χ0n) is 9.52. The molecule has 0 radical (unpaired) electrons. The number of halogens is 1. The van der Waals surface area contributed by atoms with Crippen LogP contribution >= 0.6 is 11.6 Å². The van der Waals surface area contributed by atoms with Crippen LogP contribution in [-0.4, -0.2) is 18.6 Å². The van der Waals surface area contributed by atoms with E-state index in [1.54, 1.807) is 0 Å². The number of hydrogen-bond donors (Lipinski definition) is 0. The monoisotopic (exact) mass is 218 g/mol. The smallest absolute Gasteiger partial charge is 0.0576 e. The predicted molar refractivity (Wildman–Crippen MR) is 61.9 cm³/mol. The summed E-state index contributed by atoms with van der Waals surface area (Å²) in [4.78, 5) is 0. The van der Waals surface area contributed by atoms with Crippen molar-refractivity contribution >= 4 is 11.6 Å². The summed E-state index contributed by atoms with van der Waals surface area (Å²) in [6.45, 7) is 5.47. The minimum atomic E-state index is 0.369. The molecule has 1 fully saturated rings. The molecule has 0 aromatic carbocycles. The van der Waals surface area contributed by atoms with Crippen LogP contribution in [0.5, 0.6) is 0 Å². The van der Waals surface area contributed by atoms with Crippen molar-refractivity contribution in [2.45, 2.75) is 58.5 Å². The molecule has 1 aliphatic heterocycles. The fourth-order valence-electron chi connectivity index (χ4n) is 2.20. The van der Waals surface area contributed by atoms with E-state index in [0.29, 0.717) is 11.5 Å². The molecule has 1 heterocycles. The SMILES string of the molecule is CCC(CC)(CCl)CCC1CCCO1. The van der Waals surface area contributed by atoms with Crippen LogP contribution in [0.2, 0.25) is 0 Å². The number of hydrogen-bond acceptors (Lipinski definition) is 1. The van der Waals surface area contributed by atoms with Crippen LogP contribution in [0.15, 0.2) is 0 Å². The van der Waals surface area contributed by atoms with E-state index in [1.165, 1.54) is 38.5 Å². The maximum Gasteiger partial charge on any atom is 0.0576 e. The summed E-state index contributed by atoms with van der Waals surface area (Å²) in [7, 11) is 0. The van der Waals surface area contributed by atoms with Gasteiger partial charge in [0.05, 0.1) is 6.10 Å². The van der Waals surface area contributed by atoms with Crippen LogP contribution in [0.25, 0.3) is 0 Å². The van der Waals surface area contributed by atoms with Gasteiger partial charge >= 0.3 is 0 Å². The molecule has 0 aromatic rings. The zero-order valence-corrected chi connectivity index (χ0v) is 10.3. The maximum atomic E-state index is 6.07. The van der Waals surface area contributed by atoms with E-state index >= 15 is 0 Å². The second-order valence-corrected chi connectivity index (χ2v) is 4.78. The van der Waals surface area contributed by atoms with E-state index in [-0.39, 0.29) is 0 Å². The molecule has 14 heavy (non-hydrogen) atoms. The highest BCUT2D eigenvalue weighted by molar-refractivity contribution is 6.18. The largest absolute Gasteiger partial charge is 0.378 e. The molecular weight excluding hydrogens is 196 g/mol. The quantitative estimate of drug-likeness (QED) is 0.613. The minimum absolute atomic E-state index is 0.369. The van der Waals surface area contributed by atoms with E-state index < -0.39 is 0 Å². The van der Waals surface area contributed by atoms with Gasteiger partial charge in [-0.3, -0.25) is 0 Å². The van der Waals surface area contributed by atoms with Gasteiger partial charge in [0.2, 0.25) is 0 Å². The fourth-order valence-corrected chi connectivity index (χ4v) is 2.71. The van der Waals surface area contributed by atoms with Crippen molar-refractivity contribution in [1.82, 2.24) is 0 Å². The molecule has 1 nitrogen and oxygen atoms in total. The lowest BCUT2D eigenvalue weighted by molar-refractivity contribution is 0.0886. The van der Waals surface area contributed by atoms with Crippen molar-refractivity contribution in [3.05, 3.63) is 0 Å². The van der Waals surface area contributed by atoms with Gasteiger partial charge in [0.25, 0.3) is 0 Å². The summed E-state index contributed by atoms with van der Waals surface area (Å²) in [6.07, 6.45) is 7.85. The average Bonchev–Trinajstić information content (AvgIpc) is 2.74. The first-order valence-corrected chi connectivity index (χ1v) is 6.47. The first-order valence-electron chi connectivity index (χ1n) is 5.94. The van der Waals surface area contributed by atoms with E-state index in [2.05, 4.69) is 13.8 Å². The lowest BCUT2D eigenvalue weighted by atomic mass is 9.79. The maximum absolute atomic E-state index is 6.07. The molecule has 0 bridgehead atoms. The summed E-state index contributed by atoms with van der Waals surface area (Å²) in [5.74, 6) is 0.798. The van der Waals surface area contributed by atoms with E-state index in [1.807, 2.05) is 0 Å². The Bertz CT molecular complexity index is 140. The molecular formula is C12H23ClO. The lowest BCUT2D eigenvalue weighted by Gasteiger charge is -2.30. The highest BCUT2D eigenvalue weighted by atomic mass is 35.5. The van der Waals surface area contributed by atoms with E-state index in [0.717, 1.165) is 12.5 Å². The van der Waals surface area contributed by atoms with Crippen LogP contribution in [0.1, 0.15) is 52.4 Å². The average molecular weight is 219 g/mol. The van der Waals surface area contributed by atoms with E-state index in [9.17, 15) is 0 Å². The minimum Gasteiger partial charge on any atom is -0.378 e. The Hall–Kier alpha value is 0.250. The number of ether oxygens (including phenoxy) is 1. The highest BCUT2D eigenvalue weighted by Crippen LogP contribution is 2.35.